The Hall–Kier alpha value is -1.00. The molecule has 0 bridgehead atoms. The quantitative estimate of drug-likeness (QED) is 0.580. The summed E-state index contributed by atoms with van der Waals surface area (Å²) in [5.74, 6) is -0.891. The fraction of sp³-hybridized carbons (Fsp3) is 0.500. The van der Waals surface area contributed by atoms with Crippen LogP contribution in [0.1, 0.15) is 6.92 Å². The summed E-state index contributed by atoms with van der Waals surface area (Å²) < 4.78 is 35.6. The van der Waals surface area contributed by atoms with Crippen LogP contribution in [-0.4, -0.2) is 18.0 Å². The first kappa shape index (κ1) is 8.10. The van der Waals surface area contributed by atoms with Gasteiger partial charge in [0.2, 0.25) is 0 Å². The molecule has 0 amide bonds. The fourth-order valence-corrected chi connectivity index (χ4v) is 0.826. The maximum Gasteiger partial charge on any atom is 0.416 e. The molecule has 0 aromatic heterocycles. The molecule has 0 spiro atoms. The van der Waals surface area contributed by atoms with E-state index in [2.05, 4.69) is 0 Å². The molecule has 0 radical (unpaired) electrons. The van der Waals surface area contributed by atoms with E-state index in [1.54, 1.807) is 0 Å². The molecule has 1 heterocycles. The molecule has 0 fully saturated rings. The van der Waals surface area contributed by atoms with Crippen molar-refractivity contribution in [3.05, 3.63) is 11.8 Å². The fourth-order valence-electron chi connectivity index (χ4n) is 0.826. The molecule has 1 aliphatic heterocycles. The molecule has 62 valence electrons. The van der Waals surface area contributed by atoms with Gasteiger partial charge in [0.1, 0.15) is 0 Å². The second-order valence-corrected chi connectivity index (χ2v) is 2.33. The lowest BCUT2D eigenvalue weighted by Crippen LogP contribution is -2.42. The van der Waals surface area contributed by atoms with Crippen molar-refractivity contribution in [1.82, 2.24) is 5.32 Å². The van der Waals surface area contributed by atoms with E-state index in [9.17, 15) is 18.0 Å². The molecule has 11 heavy (non-hydrogen) atoms. The van der Waals surface area contributed by atoms with E-state index in [-0.39, 0.29) is 5.57 Å². The van der Waals surface area contributed by atoms with E-state index in [0.29, 0.717) is 0 Å². The average Bonchev–Trinajstić information content (AvgIpc) is 2.11. The van der Waals surface area contributed by atoms with Crippen LogP contribution in [0.25, 0.3) is 0 Å². The molecule has 0 saturated carbocycles. The van der Waals surface area contributed by atoms with Crippen molar-refractivity contribution in [3.8, 4) is 0 Å². The van der Waals surface area contributed by atoms with Gasteiger partial charge in [-0.25, -0.2) is 0 Å². The van der Waals surface area contributed by atoms with Gasteiger partial charge in [-0.1, -0.05) is 0 Å². The maximum absolute atomic E-state index is 11.9. The second-order valence-electron chi connectivity index (χ2n) is 2.33. The molecular weight excluding hydrogens is 159 g/mol. The highest BCUT2D eigenvalue weighted by Crippen LogP contribution is 2.25. The Labute approximate surface area is 61.1 Å². The Morgan fingerprint density at radius 3 is 2.27 bits per heavy atom. The maximum atomic E-state index is 11.9. The Morgan fingerprint density at radius 1 is 1.55 bits per heavy atom. The molecule has 5 heteroatoms. The highest BCUT2D eigenvalue weighted by molar-refractivity contribution is 6.01. The number of nitrogens with one attached hydrogen (secondary N) is 1. The van der Waals surface area contributed by atoms with Gasteiger partial charge in [0.05, 0.1) is 0 Å². The normalized spacial score (nSPS) is 24.9. The summed E-state index contributed by atoms with van der Waals surface area (Å²) in [6, 6.07) is -2.03. The zero-order chi connectivity index (χ0) is 8.65. The van der Waals surface area contributed by atoms with Gasteiger partial charge in [-0.2, -0.15) is 13.2 Å². The minimum absolute atomic E-state index is 0.118. The molecule has 1 atom stereocenters. The number of carbonyl (C=O) groups is 1. The number of Topliss-reactive ketones (excluding diaryl/α,β-unsaturated/α-hetero) is 1. The first-order valence-corrected chi connectivity index (χ1v) is 2.96. The van der Waals surface area contributed by atoms with Crippen LogP contribution in [0.15, 0.2) is 11.8 Å². The molecule has 1 unspecified atom stereocenters. The highest BCUT2D eigenvalue weighted by Gasteiger charge is 2.46. The van der Waals surface area contributed by atoms with Crippen molar-refractivity contribution in [2.45, 2.75) is 19.1 Å². The minimum atomic E-state index is -4.48. The number of halogens is 3. The predicted octanol–water partition coefficient (Wildman–Crippen LogP) is 0.993. The van der Waals surface area contributed by atoms with E-state index in [1.807, 2.05) is 5.32 Å². The van der Waals surface area contributed by atoms with Crippen LogP contribution >= 0.6 is 0 Å². The Morgan fingerprint density at radius 2 is 2.09 bits per heavy atom. The SMILES string of the molecule is CC1=CNC(C(F)(F)F)C1=O. The third-order valence-corrected chi connectivity index (χ3v) is 1.44. The van der Waals surface area contributed by atoms with E-state index in [1.165, 1.54) is 6.92 Å². The summed E-state index contributed by atoms with van der Waals surface area (Å²) in [5, 5.41) is 1.96. The number of hydrogen-bond acceptors (Lipinski definition) is 2. The zero-order valence-electron chi connectivity index (χ0n) is 5.70. The number of carbonyl (C=O) groups excluding carboxylic acids is 1. The Bertz CT molecular complexity index is 218. The largest absolute Gasteiger partial charge is 0.416 e. The average molecular weight is 165 g/mol. The molecule has 2 nitrogen and oxygen atoms in total. The van der Waals surface area contributed by atoms with E-state index in [0.717, 1.165) is 6.20 Å². The van der Waals surface area contributed by atoms with Crippen LogP contribution in [0.5, 0.6) is 0 Å². The summed E-state index contributed by atoms with van der Waals surface area (Å²) in [5.41, 5.74) is 0.118. The molecule has 1 rings (SSSR count). The first-order chi connectivity index (χ1) is 4.93. The lowest BCUT2D eigenvalue weighted by molar-refractivity contribution is -0.161. The summed E-state index contributed by atoms with van der Waals surface area (Å²) in [6.07, 6.45) is -3.40. The lowest BCUT2D eigenvalue weighted by atomic mass is 10.1. The van der Waals surface area contributed by atoms with Gasteiger partial charge in [-0.15, -0.1) is 0 Å². The predicted molar refractivity (Wildman–Crippen MR) is 31.7 cm³/mol. The van der Waals surface area contributed by atoms with Gasteiger partial charge in [0, 0.05) is 11.8 Å². The minimum Gasteiger partial charge on any atom is -0.373 e. The molecule has 1 N–H and O–H groups in total. The van der Waals surface area contributed by atoms with Crippen LogP contribution in [0.2, 0.25) is 0 Å². The lowest BCUT2D eigenvalue weighted by Gasteiger charge is -2.13. The van der Waals surface area contributed by atoms with Crippen LogP contribution in [-0.2, 0) is 4.79 Å². The molecule has 0 aromatic rings. The van der Waals surface area contributed by atoms with Crippen LogP contribution in [0.4, 0.5) is 13.2 Å². The van der Waals surface area contributed by atoms with Gasteiger partial charge in [0.25, 0.3) is 0 Å². The van der Waals surface area contributed by atoms with Crippen LogP contribution in [0.3, 0.4) is 0 Å². The third-order valence-electron chi connectivity index (χ3n) is 1.44. The van der Waals surface area contributed by atoms with Gasteiger partial charge < -0.3 is 5.32 Å². The summed E-state index contributed by atoms with van der Waals surface area (Å²) >= 11 is 0. The smallest absolute Gasteiger partial charge is 0.373 e. The van der Waals surface area contributed by atoms with Crippen molar-refractivity contribution < 1.29 is 18.0 Å². The van der Waals surface area contributed by atoms with Crippen molar-refractivity contribution in [3.63, 3.8) is 0 Å². The number of rotatable bonds is 0. The first-order valence-electron chi connectivity index (χ1n) is 2.96. The third kappa shape index (κ3) is 1.36. The van der Waals surface area contributed by atoms with Gasteiger partial charge in [-0.05, 0) is 6.92 Å². The van der Waals surface area contributed by atoms with E-state index in [4.69, 9.17) is 0 Å². The highest BCUT2D eigenvalue weighted by atomic mass is 19.4. The summed E-state index contributed by atoms with van der Waals surface area (Å²) in [7, 11) is 0. The second kappa shape index (κ2) is 2.25. The van der Waals surface area contributed by atoms with E-state index >= 15 is 0 Å². The van der Waals surface area contributed by atoms with Crippen LogP contribution in [0, 0.1) is 0 Å². The van der Waals surface area contributed by atoms with Crippen molar-refractivity contribution in [1.29, 1.82) is 0 Å². The topological polar surface area (TPSA) is 29.1 Å². The Kier molecular flexibility index (Phi) is 1.66. The van der Waals surface area contributed by atoms with E-state index < -0.39 is 18.0 Å². The number of hydrogen-bond donors (Lipinski definition) is 1. The standard InChI is InChI=1S/C6H6F3NO/c1-3-2-10-5(4(3)11)6(7,8)9/h2,5,10H,1H3. The van der Waals surface area contributed by atoms with Gasteiger partial charge in [0.15, 0.2) is 11.8 Å². The number of ketones is 1. The van der Waals surface area contributed by atoms with Gasteiger partial charge in [-0.3, -0.25) is 4.79 Å². The van der Waals surface area contributed by atoms with Crippen molar-refractivity contribution in [2.75, 3.05) is 0 Å². The monoisotopic (exact) mass is 165 g/mol. The van der Waals surface area contributed by atoms with Crippen molar-refractivity contribution >= 4 is 5.78 Å². The molecule has 0 aliphatic carbocycles. The molecule has 0 saturated heterocycles. The molecule has 1 aliphatic rings. The zero-order valence-corrected chi connectivity index (χ0v) is 5.70. The summed E-state index contributed by atoms with van der Waals surface area (Å²) in [4.78, 5) is 10.7. The number of alkyl halides is 3. The van der Waals surface area contributed by atoms with Crippen molar-refractivity contribution in [2.24, 2.45) is 0 Å². The molecule has 0 aromatic carbocycles. The molecular formula is C6H6F3NO. The Balaban J connectivity index is 2.76. The summed E-state index contributed by atoms with van der Waals surface area (Å²) in [6.45, 7) is 1.35. The van der Waals surface area contributed by atoms with Crippen LogP contribution < -0.4 is 5.32 Å². The van der Waals surface area contributed by atoms with Gasteiger partial charge >= 0.3 is 6.18 Å².